The van der Waals surface area contributed by atoms with E-state index in [9.17, 15) is 31.2 Å². The number of nitrogens with two attached hydrogens (primary N) is 1. The third-order valence-electron chi connectivity index (χ3n) is 6.40. The molecule has 1 unspecified atom stereocenters. The van der Waals surface area contributed by atoms with Crippen molar-refractivity contribution in [2.75, 3.05) is 12.0 Å². The molecule has 7 nitrogen and oxygen atoms in total. The Kier molecular flexibility index (Phi) is 9.30. The van der Waals surface area contributed by atoms with Gasteiger partial charge in [-0.1, -0.05) is 6.07 Å². The second kappa shape index (κ2) is 11.9. The molecule has 4 atom stereocenters. The van der Waals surface area contributed by atoms with Gasteiger partial charge in [0.2, 0.25) is 5.91 Å². The molecule has 0 bridgehead atoms. The van der Waals surface area contributed by atoms with Crippen LogP contribution in [0.1, 0.15) is 42.1 Å². The van der Waals surface area contributed by atoms with E-state index in [0.717, 1.165) is 23.1 Å². The molecular weight excluding hydrogens is 527 g/mol. The van der Waals surface area contributed by atoms with Gasteiger partial charge in [-0.3, -0.25) is 9.59 Å². The molecular formula is C25H30F3N3O4S2. The number of hydrogen-bond acceptors (Lipinski definition) is 6. The van der Waals surface area contributed by atoms with Gasteiger partial charge in [0.15, 0.2) is 9.84 Å². The van der Waals surface area contributed by atoms with E-state index in [1.54, 1.807) is 24.3 Å². The van der Waals surface area contributed by atoms with Crippen LogP contribution in [0.3, 0.4) is 0 Å². The van der Waals surface area contributed by atoms with Crippen LogP contribution in [0.25, 0.3) is 0 Å². The lowest BCUT2D eigenvalue weighted by Gasteiger charge is -2.35. The van der Waals surface area contributed by atoms with Crippen molar-refractivity contribution in [3.8, 4) is 0 Å². The zero-order valence-corrected chi connectivity index (χ0v) is 22.1. The van der Waals surface area contributed by atoms with E-state index in [1.165, 1.54) is 24.8 Å². The SMILES string of the molecule is CSc1ccc(S(=O)(=O)C[C@@H]2C[C@H](N)CC[C@H]2NC(=O)C(C)NC(=O)c2cccc(C(F)(F)F)c2)cc1. The molecule has 1 aliphatic rings. The van der Waals surface area contributed by atoms with Gasteiger partial charge >= 0.3 is 6.18 Å². The second-order valence-corrected chi connectivity index (χ2v) is 12.1. The lowest BCUT2D eigenvalue weighted by atomic mass is 9.83. The van der Waals surface area contributed by atoms with Crippen LogP contribution in [-0.2, 0) is 20.8 Å². The normalized spacial score (nSPS) is 21.2. The molecule has 37 heavy (non-hydrogen) atoms. The molecule has 0 heterocycles. The summed E-state index contributed by atoms with van der Waals surface area (Å²) >= 11 is 1.50. The fourth-order valence-electron chi connectivity index (χ4n) is 4.33. The summed E-state index contributed by atoms with van der Waals surface area (Å²) in [4.78, 5) is 26.4. The minimum Gasteiger partial charge on any atom is -0.351 e. The van der Waals surface area contributed by atoms with E-state index in [4.69, 9.17) is 5.73 Å². The van der Waals surface area contributed by atoms with Gasteiger partial charge in [-0.2, -0.15) is 13.2 Å². The van der Waals surface area contributed by atoms with E-state index in [0.29, 0.717) is 19.3 Å². The Morgan fingerprint density at radius 3 is 2.43 bits per heavy atom. The summed E-state index contributed by atoms with van der Waals surface area (Å²) in [5.41, 5.74) is 4.90. The number of halogens is 3. The van der Waals surface area contributed by atoms with Crippen molar-refractivity contribution in [1.29, 1.82) is 0 Å². The van der Waals surface area contributed by atoms with Crippen molar-refractivity contribution < 1.29 is 31.2 Å². The highest BCUT2D eigenvalue weighted by Gasteiger charge is 2.35. The third kappa shape index (κ3) is 7.71. The molecule has 2 amide bonds. The third-order valence-corrected chi connectivity index (χ3v) is 9.00. The zero-order chi connectivity index (χ0) is 27.4. The average molecular weight is 558 g/mol. The number of alkyl halides is 3. The Morgan fingerprint density at radius 2 is 1.81 bits per heavy atom. The van der Waals surface area contributed by atoms with Crippen LogP contribution in [0.5, 0.6) is 0 Å². The van der Waals surface area contributed by atoms with Gasteiger partial charge in [-0.15, -0.1) is 11.8 Å². The molecule has 0 radical (unpaired) electrons. The van der Waals surface area contributed by atoms with Crippen molar-refractivity contribution in [3.63, 3.8) is 0 Å². The van der Waals surface area contributed by atoms with Crippen LogP contribution in [0.2, 0.25) is 0 Å². The smallest absolute Gasteiger partial charge is 0.351 e. The predicted molar refractivity (Wildman–Crippen MR) is 136 cm³/mol. The van der Waals surface area contributed by atoms with Gasteiger partial charge in [0.05, 0.1) is 16.2 Å². The summed E-state index contributed by atoms with van der Waals surface area (Å²) in [5.74, 6) is -2.03. The van der Waals surface area contributed by atoms with Crippen LogP contribution in [0.4, 0.5) is 13.2 Å². The molecule has 2 aromatic rings. The minimum atomic E-state index is -4.60. The first-order chi connectivity index (χ1) is 17.3. The number of carbonyl (C=O) groups is 2. The summed E-state index contributed by atoms with van der Waals surface area (Å²) in [5, 5.41) is 5.23. The van der Waals surface area contributed by atoms with Crippen LogP contribution in [0.15, 0.2) is 58.3 Å². The van der Waals surface area contributed by atoms with Crippen LogP contribution in [-0.4, -0.2) is 50.4 Å². The Morgan fingerprint density at radius 1 is 1.14 bits per heavy atom. The molecule has 1 aliphatic carbocycles. The molecule has 12 heteroatoms. The molecule has 0 spiro atoms. The first-order valence-corrected chi connectivity index (χ1v) is 14.6. The number of amides is 2. The number of hydrogen-bond donors (Lipinski definition) is 3. The van der Waals surface area contributed by atoms with Gasteiger partial charge in [0, 0.05) is 22.5 Å². The van der Waals surface area contributed by atoms with E-state index in [2.05, 4.69) is 10.6 Å². The lowest BCUT2D eigenvalue weighted by molar-refractivity contribution is -0.137. The summed E-state index contributed by atoms with van der Waals surface area (Å²) in [6, 6.07) is 8.75. The van der Waals surface area contributed by atoms with E-state index >= 15 is 0 Å². The topological polar surface area (TPSA) is 118 Å². The van der Waals surface area contributed by atoms with Gasteiger partial charge in [-0.25, -0.2) is 8.42 Å². The molecule has 2 aromatic carbocycles. The summed E-state index contributed by atoms with van der Waals surface area (Å²) in [6.07, 6.45) is -1.25. The molecule has 0 aromatic heterocycles. The fraction of sp³-hybridized carbons (Fsp3) is 0.440. The lowest BCUT2D eigenvalue weighted by Crippen LogP contribution is -2.53. The average Bonchev–Trinajstić information content (AvgIpc) is 2.85. The molecule has 0 saturated heterocycles. The van der Waals surface area contributed by atoms with Gasteiger partial charge in [-0.05, 0) is 80.8 Å². The molecule has 4 N–H and O–H groups in total. The first kappa shape index (κ1) is 29.0. The Hall–Kier alpha value is -2.57. The highest BCUT2D eigenvalue weighted by atomic mass is 32.2. The molecule has 3 rings (SSSR count). The monoisotopic (exact) mass is 557 g/mol. The zero-order valence-electron chi connectivity index (χ0n) is 20.4. The van der Waals surface area contributed by atoms with Gasteiger partial charge in [0.25, 0.3) is 5.91 Å². The maximum Gasteiger partial charge on any atom is 0.416 e. The Balaban J connectivity index is 1.67. The highest BCUT2D eigenvalue weighted by Crippen LogP contribution is 2.30. The molecule has 1 fully saturated rings. The summed E-state index contributed by atoms with van der Waals surface area (Å²) in [7, 11) is -3.65. The maximum atomic E-state index is 13.1. The van der Waals surface area contributed by atoms with E-state index in [1.807, 2.05) is 6.26 Å². The minimum absolute atomic E-state index is 0.191. The standard InChI is InChI=1S/C25H30F3N3O4S2/c1-15(30-24(33)16-4-3-5-18(12-16)25(26,27)28)23(32)31-22-11-6-19(29)13-17(22)14-37(34,35)21-9-7-20(36-2)8-10-21/h3-5,7-10,12,15,17,19,22H,6,11,13-14,29H2,1-2H3,(H,30,33)(H,31,32)/t15?,17-,19+,22+/m0/s1. The van der Waals surface area contributed by atoms with Gasteiger partial charge in [0.1, 0.15) is 6.04 Å². The summed E-state index contributed by atoms with van der Waals surface area (Å²) < 4.78 is 65.0. The quantitative estimate of drug-likeness (QED) is 0.427. The second-order valence-electron chi connectivity index (χ2n) is 9.18. The fourth-order valence-corrected chi connectivity index (χ4v) is 6.41. The van der Waals surface area contributed by atoms with Crippen molar-refractivity contribution in [2.24, 2.45) is 11.7 Å². The van der Waals surface area contributed by atoms with Crippen molar-refractivity contribution in [2.45, 2.75) is 60.3 Å². The predicted octanol–water partition coefficient (Wildman–Crippen LogP) is 3.63. The largest absolute Gasteiger partial charge is 0.416 e. The van der Waals surface area contributed by atoms with Crippen molar-refractivity contribution in [1.82, 2.24) is 10.6 Å². The Bertz CT molecular complexity index is 1220. The molecule has 202 valence electrons. The van der Waals surface area contributed by atoms with E-state index < -0.39 is 51.4 Å². The summed E-state index contributed by atoms with van der Waals surface area (Å²) in [6.45, 7) is 1.41. The number of nitrogens with one attached hydrogen (secondary N) is 2. The highest BCUT2D eigenvalue weighted by molar-refractivity contribution is 7.98. The van der Waals surface area contributed by atoms with Crippen LogP contribution in [0, 0.1) is 5.92 Å². The van der Waals surface area contributed by atoms with Crippen molar-refractivity contribution >= 4 is 33.4 Å². The molecule has 0 aliphatic heterocycles. The number of thioether (sulfide) groups is 1. The maximum absolute atomic E-state index is 13.1. The van der Waals surface area contributed by atoms with Crippen LogP contribution < -0.4 is 16.4 Å². The van der Waals surface area contributed by atoms with Crippen LogP contribution >= 0.6 is 11.8 Å². The number of rotatable bonds is 8. The van der Waals surface area contributed by atoms with Crippen molar-refractivity contribution in [3.05, 3.63) is 59.7 Å². The molecule has 1 saturated carbocycles. The first-order valence-electron chi connectivity index (χ1n) is 11.7. The number of benzene rings is 2. The van der Waals surface area contributed by atoms with Gasteiger partial charge < -0.3 is 16.4 Å². The number of carbonyl (C=O) groups excluding carboxylic acids is 2. The van der Waals surface area contributed by atoms with E-state index in [-0.39, 0.29) is 22.3 Å². The number of sulfone groups is 1. The Labute approximate surface area is 218 Å².